The summed E-state index contributed by atoms with van der Waals surface area (Å²) in [5, 5.41) is 0. The zero-order valence-corrected chi connectivity index (χ0v) is 6.20. The van der Waals surface area contributed by atoms with E-state index in [4.69, 9.17) is 0 Å². The van der Waals surface area contributed by atoms with E-state index in [0.29, 0.717) is 0 Å². The molecule has 0 aliphatic heterocycles. The average Bonchev–Trinajstić information content (AvgIpc) is 1.87. The Labute approximate surface area is 62.3 Å². The van der Waals surface area contributed by atoms with Crippen LogP contribution in [0.3, 0.4) is 0 Å². The van der Waals surface area contributed by atoms with Crippen LogP contribution < -0.4 is 0 Å². The van der Waals surface area contributed by atoms with E-state index in [9.17, 15) is 0 Å². The van der Waals surface area contributed by atoms with Crippen molar-refractivity contribution in [2.45, 2.75) is 26.2 Å². The highest BCUT2D eigenvalue weighted by Crippen LogP contribution is 2.01. The fourth-order valence-electron chi connectivity index (χ4n) is 0.795. The minimum atomic E-state index is 0.733. The maximum Gasteiger partial charge on any atom is 0.0706 e. The fraction of sp³-hybridized carbons (Fsp3) is 0.400. The summed E-state index contributed by atoms with van der Waals surface area (Å²) in [6.07, 6.45) is 4.75. The summed E-state index contributed by atoms with van der Waals surface area (Å²) in [5.74, 6) is 12.1. The molecule has 1 rings (SSSR count). The molecule has 0 spiro atoms. The van der Waals surface area contributed by atoms with Crippen molar-refractivity contribution in [2.24, 2.45) is 0 Å². The molecular weight excluding hydrogens is 120 g/mol. The smallest absolute Gasteiger partial charge is 0.0706 e. The Morgan fingerprint density at radius 3 is 3.10 bits per heavy atom. The van der Waals surface area contributed by atoms with E-state index in [1.54, 1.807) is 0 Å². The van der Waals surface area contributed by atoms with Crippen LogP contribution in [0.1, 0.15) is 26.2 Å². The second-order valence-electron chi connectivity index (χ2n) is 2.12. The van der Waals surface area contributed by atoms with Gasteiger partial charge in [0.15, 0.2) is 0 Å². The molecule has 0 nitrogen and oxygen atoms in total. The third-order valence-corrected chi connectivity index (χ3v) is 1.38. The number of hydrogen-bond donors (Lipinski definition) is 0. The van der Waals surface area contributed by atoms with Gasteiger partial charge >= 0.3 is 0 Å². The summed E-state index contributed by atoms with van der Waals surface area (Å²) in [4.78, 5) is 0. The molecule has 0 radical (unpaired) electrons. The molecule has 1 aliphatic rings. The third kappa shape index (κ3) is 2.00. The Kier molecular flexibility index (Phi) is 2.65. The van der Waals surface area contributed by atoms with E-state index in [2.05, 4.69) is 36.7 Å². The van der Waals surface area contributed by atoms with Crippen molar-refractivity contribution < 1.29 is 0 Å². The summed E-state index contributed by atoms with van der Waals surface area (Å²) in [5.41, 5.74) is 1.23. The van der Waals surface area contributed by atoms with Crippen molar-refractivity contribution in [2.75, 3.05) is 0 Å². The van der Waals surface area contributed by atoms with Gasteiger partial charge in [-0.05, 0) is 12.0 Å². The average molecular weight is 130 g/mol. The molecule has 10 heavy (non-hydrogen) atoms. The van der Waals surface area contributed by atoms with Crippen molar-refractivity contribution in [3.05, 3.63) is 11.6 Å². The lowest BCUT2D eigenvalue weighted by Gasteiger charge is -1.91. The summed E-state index contributed by atoms with van der Waals surface area (Å²) < 4.78 is 0. The van der Waals surface area contributed by atoms with E-state index in [-0.39, 0.29) is 0 Å². The lowest BCUT2D eigenvalue weighted by Crippen LogP contribution is -1.77. The molecule has 0 aromatic rings. The van der Waals surface area contributed by atoms with Gasteiger partial charge in [-0.15, -0.1) is 0 Å². The molecule has 0 heteroatoms. The van der Waals surface area contributed by atoms with Gasteiger partial charge in [0.1, 0.15) is 0 Å². The van der Waals surface area contributed by atoms with E-state index in [1.807, 2.05) is 0 Å². The molecular formula is C10H10. The minimum absolute atomic E-state index is 0.733. The van der Waals surface area contributed by atoms with Crippen LogP contribution in [0.4, 0.5) is 0 Å². The molecule has 0 aromatic heterocycles. The number of allylic oxidation sites excluding steroid dienone is 2. The van der Waals surface area contributed by atoms with Gasteiger partial charge in [0, 0.05) is 6.42 Å². The van der Waals surface area contributed by atoms with Crippen LogP contribution in [-0.2, 0) is 0 Å². The first kappa shape index (κ1) is 6.97. The van der Waals surface area contributed by atoms with Crippen LogP contribution in [0.5, 0.6) is 0 Å². The van der Waals surface area contributed by atoms with E-state index < -0.39 is 0 Å². The zero-order valence-electron chi connectivity index (χ0n) is 6.20. The predicted octanol–water partition coefficient (Wildman–Crippen LogP) is 2.12. The zero-order chi connectivity index (χ0) is 7.23. The highest BCUT2D eigenvalue weighted by molar-refractivity contribution is 5.32. The van der Waals surface area contributed by atoms with Crippen LogP contribution in [0.25, 0.3) is 0 Å². The van der Waals surface area contributed by atoms with Gasteiger partial charge in [-0.25, -0.2) is 0 Å². The van der Waals surface area contributed by atoms with Crippen molar-refractivity contribution in [3.8, 4) is 23.7 Å². The molecule has 0 heterocycles. The highest BCUT2D eigenvalue weighted by Gasteiger charge is 1.86. The van der Waals surface area contributed by atoms with Crippen LogP contribution in [-0.4, -0.2) is 0 Å². The number of rotatable bonds is 1. The number of hydrogen-bond acceptors (Lipinski definition) is 0. The Morgan fingerprint density at radius 1 is 1.40 bits per heavy atom. The molecule has 1 aliphatic carbocycles. The Morgan fingerprint density at radius 2 is 2.30 bits per heavy atom. The molecule has 0 saturated heterocycles. The molecule has 0 fully saturated rings. The van der Waals surface area contributed by atoms with Crippen molar-refractivity contribution in [1.82, 2.24) is 0 Å². The Hall–Kier alpha value is -1.14. The fourth-order valence-corrected chi connectivity index (χ4v) is 0.795. The van der Waals surface area contributed by atoms with Crippen LogP contribution >= 0.6 is 0 Å². The van der Waals surface area contributed by atoms with E-state index >= 15 is 0 Å². The maximum atomic E-state index is 3.08. The van der Waals surface area contributed by atoms with E-state index in [0.717, 1.165) is 19.3 Å². The molecule has 0 unspecified atom stereocenters. The second kappa shape index (κ2) is 3.80. The lowest BCUT2D eigenvalue weighted by atomic mass is 10.1. The first-order valence-corrected chi connectivity index (χ1v) is 3.57. The van der Waals surface area contributed by atoms with Gasteiger partial charge < -0.3 is 0 Å². The lowest BCUT2D eigenvalue weighted by molar-refractivity contribution is 1.14. The Balaban J connectivity index is 2.73. The summed E-state index contributed by atoms with van der Waals surface area (Å²) in [6, 6.07) is 0. The summed E-state index contributed by atoms with van der Waals surface area (Å²) in [6.45, 7) is 2.12. The molecule has 0 amide bonds. The van der Waals surface area contributed by atoms with Gasteiger partial charge in [0.2, 0.25) is 0 Å². The standard InChI is InChI=1S/C10H10/c1-2-10-8-6-4-3-5-7-9-10/h9H,2,4,7H2,1H3/b10-9-. The largest absolute Gasteiger partial charge is 0.0981 e. The monoisotopic (exact) mass is 130 g/mol. The maximum absolute atomic E-state index is 3.08. The topological polar surface area (TPSA) is 0 Å². The van der Waals surface area contributed by atoms with Crippen LogP contribution in [0.15, 0.2) is 11.6 Å². The van der Waals surface area contributed by atoms with Crippen LogP contribution in [0, 0.1) is 23.7 Å². The molecule has 0 bridgehead atoms. The molecule has 0 aromatic carbocycles. The van der Waals surface area contributed by atoms with Crippen molar-refractivity contribution in [1.29, 1.82) is 0 Å². The SMILES string of the molecule is CC/C1=C/CC#CCC#C1. The minimum Gasteiger partial charge on any atom is -0.0981 e. The molecule has 0 N–H and O–H groups in total. The Bertz CT molecular complexity index is 247. The quantitative estimate of drug-likeness (QED) is 0.477. The molecule has 0 atom stereocenters. The molecule has 0 saturated carbocycles. The highest BCUT2D eigenvalue weighted by atomic mass is 13.9. The van der Waals surface area contributed by atoms with Crippen molar-refractivity contribution in [3.63, 3.8) is 0 Å². The van der Waals surface area contributed by atoms with Crippen LogP contribution in [0.2, 0.25) is 0 Å². The first-order valence-electron chi connectivity index (χ1n) is 3.57. The normalized spacial score (nSPS) is 19.9. The van der Waals surface area contributed by atoms with Crippen molar-refractivity contribution >= 4 is 0 Å². The molecule has 50 valence electrons. The van der Waals surface area contributed by atoms with Gasteiger partial charge in [-0.2, -0.15) is 0 Å². The van der Waals surface area contributed by atoms with Gasteiger partial charge in [-0.3, -0.25) is 0 Å². The second-order valence-corrected chi connectivity index (χ2v) is 2.12. The van der Waals surface area contributed by atoms with Gasteiger partial charge in [0.25, 0.3) is 0 Å². The summed E-state index contributed by atoms with van der Waals surface area (Å²) >= 11 is 0. The predicted molar refractivity (Wildman–Crippen MR) is 43.2 cm³/mol. The first-order chi connectivity index (χ1) is 4.93. The van der Waals surface area contributed by atoms with Gasteiger partial charge in [-0.1, -0.05) is 36.7 Å². The third-order valence-electron chi connectivity index (χ3n) is 1.38. The summed E-state index contributed by atoms with van der Waals surface area (Å²) in [7, 11) is 0. The van der Waals surface area contributed by atoms with E-state index in [1.165, 1.54) is 5.57 Å². The van der Waals surface area contributed by atoms with Gasteiger partial charge in [0.05, 0.1) is 6.42 Å².